The number of hydrogen-bond acceptors (Lipinski definition) is 7. The van der Waals surface area contributed by atoms with E-state index in [2.05, 4.69) is 5.32 Å². The summed E-state index contributed by atoms with van der Waals surface area (Å²) in [7, 11) is 3.06. The van der Waals surface area contributed by atoms with Crippen molar-refractivity contribution in [1.29, 1.82) is 0 Å². The molecule has 1 aliphatic rings. The lowest BCUT2D eigenvalue weighted by atomic mass is 9.79. The molecule has 9 heteroatoms. The summed E-state index contributed by atoms with van der Waals surface area (Å²) in [6.45, 7) is 1.88. The molecule has 1 aliphatic carbocycles. The number of ether oxygens (including phenoxy) is 3. The second kappa shape index (κ2) is 10.5. The van der Waals surface area contributed by atoms with Crippen molar-refractivity contribution in [2.75, 3.05) is 26.1 Å². The molecule has 0 radical (unpaired) electrons. The van der Waals surface area contributed by atoms with Gasteiger partial charge >= 0.3 is 11.9 Å². The normalized spacial score (nSPS) is 18.0. The van der Waals surface area contributed by atoms with Gasteiger partial charge in [-0.3, -0.25) is 9.59 Å². The van der Waals surface area contributed by atoms with Gasteiger partial charge in [0.1, 0.15) is 10.6 Å². The van der Waals surface area contributed by atoms with Crippen LogP contribution in [0.1, 0.15) is 43.0 Å². The van der Waals surface area contributed by atoms with Gasteiger partial charge in [-0.25, -0.2) is 4.79 Å². The lowest BCUT2D eigenvalue weighted by Crippen LogP contribution is -2.36. The number of amides is 1. The van der Waals surface area contributed by atoms with Crippen molar-refractivity contribution in [2.24, 2.45) is 11.8 Å². The number of carbonyl (C=O) groups excluding carboxylic acids is 2. The predicted molar refractivity (Wildman–Crippen MR) is 121 cm³/mol. The van der Waals surface area contributed by atoms with Crippen LogP contribution in [0.15, 0.2) is 23.6 Å². The Morgan fingerprint density at radius 1 is 1.09 bits per heavy atom. The maximum atomic E-state index is 13.0. The highest BCUT2D eigenvalue weighted by Gasteiger charge is 2.36. The average molecular weight is 462 g/mol. The third kappa shape index (κ3) is 4.88. The van der Waals surface area contributed by atoms with Crippen molar-refractivity contribution in [2.45, 2.75) is 32.6 Å². The van der Waals surface area contributed by atoms with Crippen molar-refractivity contribution in [3.05, 3.63) is 29.1 Å². The molecule has 0 bridgehead atoms. The molecule has 1 aromatic heterocycles. The number of carbonyl (C=O) groups is 3. The lowest BCUT2D eigenvalue weighted by Gasteiger charge is -2.27. The molecule has 8 nitrogen and oxygen atoms in total. The van der Waals surface area contributed by atoms with E-state index < -0.39 is 23.8 Å². The van der Waals surface area contributed by atoms with Gasteiger partial charge in [-0.05, 0) is 37.5 Å². The fourth-order valence-electron chi connectivity index (χ4n) is 4.02. The number of thiophene rings is 1. The van der Waals surface area contributed by atoms with E-state index in [9.17, 15) is 19.5 Å². The molecule has 2 atom stereocenters. The van der Waals surface area contributed by atoms with Crippen molar-refractivity contribution >= 4 is 34.2 Å². The Bertz CT molecular complexity index is 1000. The first-order valence-electron chi connectivity index (χ1n) is 10.5. The molecule has 2 aromatic rings. The summed E-state index contributed by atoms with van der Waals surface area (Å²) in [5, 5.41) is 14.4. The summed E-state index contributed by atoms with van der Waals surface area (Å²) < 4.78 is 15.9. The number of carboxylic acid groups (broad SMARTS) is 1. The van der Waals surface area contributed by atoms with E-state index in [1.54, 1.807) is 30.5 Å². The molecule has 1 fully saturated rings. The van der Waals surface area contributed by atoms with Crippen LogP contribution in [-0.4, -0.2) is 43.8 Å². The van der Waals surface area contributed by atoms with Crippen LogP contribution in [0.25, 0.3) is 11.1 Å². The number of esters is 1. The van der Waals surface area contributed by atoms with Crippen molar-refractivity contribution < 1.29 is 33.7 Å². The third-order valence-electron chi connectivity index (χ3n) is 5.62. The molecule has 1 amide bonds. The highest BCUT2D eigenvalue weighted by atomic mass is 32.1. The zero-order valence-corrected chi connectivity index (χ0v) is 19.1. The molecular weight excluding hydrogens is 434 g/mol. The summed E-state index contributed by atoms with van der Waals surface area (Å²) in [4.78, 5) is 37.4. The van der Waals surface area contributed by atoms with Gasteiger partial charge in [-0.2, -0.15) is 0 Å². The first-order chi connectivity index (χ1) is 15.4. The van der Waals surface area contributed by atoms with Crippen LogP contribution in [0.2, 0.25) is 0 Å². The molecule has 1 heterocycles. The van der Waals surface area contributed by atoms with E-state index in [4.69, 9.17) is 14.2 Å². The number of hydrogen-bond donors (Lipinski definition) is 2. The smallest absolute Gasteiger partial charge is 0.341 e. The Hall–Kier alpha value is -3.07. The lowest BCUT2D eigenvalue weighted by molar-refractivity contribution is -0.147. The first kappa shape index (κ1) is 23.6. The van der Waals surface area contributed by atoms with Crippen molar-refractivity contribution in [1.82, 2.24) is 0 Å². The second-order valence-corrected chi connectivity index (χ2v) is 8.35. The number of rotatable bonds is 8. The number of aliphatic carboxylic acids is 1. The van der Waals surface area contributed by atoms with Gasteiger partial charge in [0.05, 0.1) is 32.7 Å². The Morgan fingerprint density at radius 2 is 1.78 bits per heavy atom. The Labute approximate surface area is 190 Å². The zero-order chi connectivity index (χ0) is 23.3. The van der Waals surface area contributed by atoms with Gasteiger partial charge in [0.15, 0.2) is 11.5 Å². The summed E-state index contributed by atoms with van der Waals surface area (Å²) in [5.41, 5.74) is 1.52. The minimum atomic E-state index is -0.965. The van der Waals surface area contributed by atoms with Crippen LogP contribution >= 0.6 is 11.3 Å². The molecule has 0 aliphatic heterocycles. The standard InChI is InChI=1S/C23H27NO7S/c1-4-31-23(28)19-16(13-9-10-17(29-2)18(11-13)30-3)12-32-21(19)24-20(25)14-7-5-6-8-15(14)22(26)27/h9-12,14-15H,4-8H2,1-3H3,(H,24,25)(H,26,27)/t14-,15+/m1/s1. The molecular formula is C23H27NO7S. The number of methoxy groups -OCH3 is 2. The number of nitrogens with one attached hydrogen (secondary N) is 1. The van der Waals surface area contributed by atoms with Crippen LogP contribution in [0.5, 0.6) is 11.5 Å². The van der Waals surface area contributed by atoms with E-state index in [-0.39, 0.29) is 18.1 Å². The van der Waals surface area contributed by atoms with Crippen LogP contribution < -0.4 is 14.8 Å². The van der Waals surface area contributed by atoms with Gasteiger partial charge in [0.25, 0.3) is 0 Å². The van der Waals surface area contributed by atoms with Gasteiger partial charge < -0.3 is 24.6 Å². The van der Waals surface area contributed by atoms with Crippen LogP contribution in [0.3, 0.4) is 0 Å². The van der Waals surface area contributed by atoms with Gasteiger partial charge in [0, 0.05) is 10.9 Å². The van der Waals surface area contributed by atoms with Gasteiger partial charge in [-0.15, -0.1) is 11.3 Å². The van der Waals surface area contributed by atoms with Gasteiger partial charge in [-0.1, -0.05) is 18.9 Å². The van der Waals surface area contributed by atoms with Crippen molar-refractivity contribution in [3.63, 3.8) is 0 Å². The fraction of sp³-hybridized carbons (Fsp3) is 0.435. The number of carboxylic acids is 1. The maximum Gasteiger partial charge on any atom is 0.341 e. The maximum absolute atomic E-state index is 13.0. The largest absolute Gasteiger partial charge is 0.493 e. The molecule has 1 aromatic carbocycles. The minimum absolute atomic E-state index is 0.178. The fourth-order valence-corrected chi connectivity index (χ4v) is 4.98. The minimum Gasteiger partial charge on any atom is -0.493 e. The highest BCUT2D eigenvalue weighted by molar-refractivity contribution is 7.15. The van der Waals surface area contributed by atoms with E-state index in [0.29, 0.717) is 40.5 Å². The predicted octanol–water partition coefficient (Wildman–Crippen LogP) is 4.44. The Kier molecular flexibility index (Phi) is 7.74. The Morgan fingerprint density at radius 3 is 2.41 bits per heavy atom. The molecule has 1 saturated carbocycles. The van der Waals surface area contributed by atoms with E-state index in [0.717, 1.165) is 12.8 Å². The number of benzene rings is 1. The molecule has 0 unspecified atom stereocenters. The summed E-state index contributed by atoms with van der Waals surface area (Å²) >= 11 is 1.20. The summed E-state index contributed by atoms with van der Waals surface area (Å²) in [5.74, 6) is -2.22. The van der Waals surface area contributed by atoms with Gasteiger partial charge in [0.2, 0.25) is 5.91 Å². The molecule has 0 spiro atoms. The van der Waals surface area contributed by atoms with E-state index in [1.165, 1.54) is 25.6 Å². The van der Waals surface area contributed by atoms with E-state index >= 15 is 0 Å². The second-order valence-electron chi connectivity index (χ2n) is 7.47. The molecule has 172 valence electrons. The highest BCUT2D eigenvalue weighted by Crippen LogP contribution is 2.40. The Balaban J connectivity index is 1.97. The first-order valence-corrected chi connectivity index (χ1v) is 11.3. The van der Waals surface area contributed by atoms with Crippen LogP contribution in [0, 0.1) is 11.8 Å². The summed E-state index contributed by atoms with van der Waals surface area (Å²) in [6, 6.07) is 5.27. The molecule has 32 heavy (non-hydrogen) atoms. The number of anilines is 1. The molecule has 3 rings (SSSR count). The third-order valence-corrected chi connectivity index (χ3v) is 6.52. The quantitative estimate of drug-likeness (QED) is 0.559. The topological polar surface area (TPSA) is 111 Å². The summed E-state index contributed by atoms with van der Waals surface area (Å²) in [6.07, 6.45) is 2.57. The van der Waals surface area contributed by atoms with Crippen LogP contribution in [0.4, 0.5) is 5.00 Å². The van der Waals surface area contributed by atoms with Crippen LogP contribution in [-0.2, 0) is 14.3 Å². The van der Waals surface area contributed by atoms with E-state index in [1.807, 2.05) is 0 Å². The molecule has 2 N–H and O–H groups in total. The van der Waals surface area contributed by atoms with Crippen molar-refractivity contribution in [3.8, 4) is 22.6 Å². The SMILES string of the molecule is CCOC(=O)c1c(-c2ccc(OC)c(OC)c2)csc1NC(=O)[C@@H]1CCCC[C@@H]1C(=O)O. The average Bonchev–Trinajstić information content (AvgIpc) is 3.22. The zero-order valence-electron chi connectivity index (χ0n) is 18.3. The molecule has 0 saturated heterocycles. The monoisotopic (exact) mass is 461 g/mol.